The molecule has 0 bridgehead atoms. The summed E-state index contributed by atoms with van der Waals surface area (Å²) in [5, 5.41) is 3.09. The summed E-state index contributed by atoms with van der Waals surface area (Å²) in [6.45, 7) is 1.95. The van der Waals surface area contributed by atoms with Gasteiger partial charge in [0.1, 0.15) is 11.6 Å². The van der Waals surface area contributed by atoms with Crippen molar-refractivity contribution in [1.29, 1.82) is 0 Å². The van der Waals surface area contributed by atoms with E-state index in [0.29, 0.717) is 5.69 Å². The van der Waals surface area contributed by atoms with Crippen LogP contribution in [0.25, 0.3) is 0 Å². The first-order valence-corrected chi connectivity index (χ1v) is 4.66. The molecule has 0 saturated carbocycles. The van der Waals surface area contributed by atoms with Gasteiger partial charge in [-0.3, -0.25) is 0 Å². The van der Waals surface area contributed by atoms with Gasteiger partial charge in [-0.2, -0.15) is 0 Å². The lowest BCUT2D eigenvalue weighted by Gasteiger charge is -2.06. The van der Waals surface area contributed by atoms with Crippen molar-refractivity contribution in [2.24, 2.45) is 0 Å². The van der Waals surface area contributed by atoms with Crippen molar-refractivity contribution in [1.82, 2.24) is 9.97 Å². The molecule has 2 heterocycles. The van der Waals surface area contributed by atoms with Crippen molar-refractivity contribution in [3.63, 3.8) is 0 Å². The van der Waals surface area contributed by atoms with Crippen LogP contribution in [0.5, 0.6) is 0 Å². The van der Waals surface area contributed by atoms with E-state index in [9.17, 15) is 0 Å². The van der Waals surface area contributed by atoms with E-state index >= 15 is 0 Å². The quantitative estimate of drug-likeness (QED) is 0.779. The zero-order valence-corrected chi connectivity index (χ0v) is 8.44. The molecule has 0 fully saturated rings. The van der Waals surface area contributed by atoms with Crippen LogP contribution in [0.15, 0.2) is 36.7 Å². The summed E-state index contributed by atoms with van der Waals surface area (Å²) >= 11 is 0. The Hall–Kier alpha value is -2.10. The molecular formula is C11H12N4. The van der Waals surface area contributed by atoms with E-state index in [0.717, 1.165) is 17.2 Å². The molecule has 2 aromatic heterocycles. The second kappa shape index (κ2) is 3.96. The minimum atomic E-state index is 0.696. The van der Waals surface area contributed by atoms with E-state index < -0.39 is 0 Å². The number of hydrogen-bond donors (Lipinski definition) is 2. The summed E-state index contributed by atoms with van der Waals surface area (Å²) in [7, 11) is 0. The van der Waals surface area contributed by atoms with E-state index in [-0.39, 0.29) is 0 Å². The first kappa shape index (κ1) is 9.45. The number of nitrogens with zero attached hydrogens (tertiary/aromatic N) is 2. The monoisotopic (exact) mass is 200 g/mol. The maximum absolute atomic E-state index is 5.68. The van der Waals surface area contributed by atoms with Gasteiger partial charge in [-0.15, -0.1) is 0 Å². The van der Waals surface area contributed by atoms with Crippen molar-refractivity contribution in [2.75, 3.05) is 11.1 Å². The predicted molar refractivity (Wildman–Crippen MR) is 60.9 cm³/mol. The molecule has 0 aliphatic heterocycles. The van der Waals surface area contributed by atoms with Gasteiger partial charge in [0.05, 0.1) is 11.9 Å². The number of aromatic nitrogens is 2. The van der Waals surface area contributed by atoms with Crippen LogP contribution < -0.4 is 11.1 Å². The van der Waals surface area contributed by atoms with Gasteiger partial charge >= 0.3 is 0 Å². The summed E-state index contributed by atoms with van der Waals surface area (Å²) in [5.41, 5.74) is 7.38. The number of aryl methyl sites for hydroxylation is 1. The molecule has 4 nitrogen and oxygen atoms in total. The molecule has 4 heteroatoms. The fourth-order valence-electron chi connectivity index (χ4n) is 1.20. The van der Waals surface area contributed by atoms with Gasteiger partial charge in [0.15, 0.2) is 0 Å². The van der Waals surface area contributed by atoms with E-state index in [2.05, 4.69) is 15.3 Å². The molecule has 0 aliphatic carbocycles. The Balaban J connectivity index is 2.22. The summed E-state index contributed by atoms with van der Waals surface area (Å²) in [5.74, 6) is 1.52. The van der Waals surface area contributed by atoms with E-state index in [1.165, 1.54) is 0 Å². The standard InChI is InChI=1S/C11H12N4/c1-8-6-11(14-7-9(8)12)15-10-4-2-3-5-13-10/h2-7H,12H2,1H3,(H,13,14,15). The third-order valence-corrected chi connectivity index (χ3v) is 2.07. The van der Waals surface area contributed by atoms with Crippen molar-refractivity contribution in [3.8, 4) is 0 Å². The summed E-state index contributed by atoms with van der Waals surface area (Å²) in [6.07, 6.45) is 3.37. The number of nitrogen functional groups attached to an aromatic ring is 1. The minimum absolute atomic E-state index is 0.696. The largest absolute Gasteiger partial charge is 0.397 e. The van der Waals surface area contributed by atoms with E-state index in [1.807, 2.05) is 31.2 Å². The molecule has 15 heavy (non-hydrogen) atoms. The molecule has 2 aromatic rings. The molecule has 0 aliphatic rings. The van der Waals surface area contributed by atoms with Crippen molar-refractivity contribution in [3.05, 3.63) is 42.2 Å². The van der Waals surface area contributed by atoms with Crippen molar-refractivity contribution in [2.45, 2.75) is 6.92 Å². The maximum atomic E-state index is 5.68. The van der Waals surface area contributed by atoms with E-state index in [1.54, 1.807) is 12.4 Å². The minimum Gasteiger partial charge on any atom is -0.397 e. The number of pyridine rings is 2. The van der Waals surface area contributed by atoms with Crippen LogP contribution in [-0.4, -0.2) is 9.97 Å². The van der Waals surface area contributed by atoms with Gasteiger partial charge in [-0.05, 0) is 30.7 Å². The average Bonchev–Trinajstić information content (AvgIpc) is 2.25. The zero-order chi connectivity index (χ0) is 10.7. The third-order valence-electron chi connectivity index (χ3n) is 2.07. The number of rotatable bonds is 2. The van der Waals surface area contributed by atoms with Crippen molar-refractivity contribution < 1.29 is 0 Å². The lowest BCUT2D eigenvalue weighted by Crippen LogP contribution is -1.98. The molecule has 2 rings (SSSR count). The van der Waals surface area contributed by atoms with Crippen LogP contribution in [0, 0.1) is 6.92 Å². The Bertz CT molecular complexity index is 453. The molecule has 0 spiro atoms. The molecular weight excluding hydrogens is 188 g/mol. The molecule has 0 atom stereocenters. The Labute approximate surface area is 88.2 Å². The van der Waals surface area contributed by atoms with Crippen molar-refractivity contribution >= 4 is 17.3 Å². The summed E-state index contributed by atoms with van der Waals surface area (Å²) < 4.78 is 0. The normalized spacial score (nSPS) is 9.93. The Morgan fingerprint density at radius 2 is 2.07 bits per heavy atom. The Morgan fingerprint density at radius 1 is 1.20 bits per heavy atom. The van der Waals surface area contributed by atoms with Gasteiger partial charge in [0.25, 0.3) is 0 Å². The van der Waals surface area contributed by atoms with Crippen LogP contribution in [0.2, 0.25) is 0 Å². The first-order valence-electron chi connectivity index (χ1n) is 4.66. The maximum Gasteiger partial charge on any atom is 0.131 e. The second-order valence-electron chi connectivity index (χ2n) is 3.27. The highest BCUT2D eigenvalue weighted by Gasteiger charge is 1.98. The highest BCUT2D eigenvalue weighted by atomic mass is 15.0. The molecule has 3 N–H and O–H groups in total. The molecule has 0 aromatic carbocycles. The fraction of sp³-hybridized carbons (Fsp3) is 0.0909. The average molecular weight is 200 g/mol. The topological polar surface area (TPSA) is 63.8 Å². The SMILES string of the molecule is Cc1cc(Nc2ccccn2)ncc1N. The molecule has 0 radical (unpaired) electrons. The smallest absolute Gasteiger partial charge is 0.131 e. The molecule has 0 saturated heterocycles. The number of nitrogens with two attached hydrogens (primary N) is 1. The van der Waals surface area contributed by atoms with Gasteiger partial charge < -0.3 is 11.1 Å². The highest BCUT2D eigenvalue weighted by Crippen LogP contribution is 2.16. The summed E-state index contributed by atoms with van der Waals surface area (Å²) in [4.78, 5) is 8.30. The molecule has 76 valence electrons. The third kappa shape index (κ3) is 2.22. The van der Waals surface area contributed by atoms with Crippen LogP contribution >= 0.6 is 0 Å². The molecule has 0 amide bonds. The van der Waals surface area contributed by atoms with Crippen LogP contribution in [0.4, 0.5) is 17.3 Å². The van der Waals surface area contributed by atoms with E-state index in [4.69, 9.17) is 5.73 Å². The second-order valence-corrected chi connectivity index (χ2v) is 3.27. The fourth-order valence-corrected chi connectivity index (χ4v) is 1.20. The first-order chi connectivity index (χ1) is 7.25. The van der Waals surface area contributed by atoms with Gasteiger partial charge in [0, 0.05) is 6.20 Å². The number of nitrogens with one attached hydrogen (secondary N) is 1. The molecule has 0 unspecified atom stereocenters. The predicted octanol–water partition coefficient (Wildman–Crippen LogP) is 2.11. The Kier molecular flexibility index (Phi) is 2.49. The Morgan fingerprint density at radius 3 is 2.73 bits per heavy atom. The van der Waals surface area contributed by atoms with Gasteiger partial charge in [-0.1, -0.05) is 6.07 Å². The summed E-state index contributed by atoms with van der Waals surface area (Å²) in [6, 6.07) is 7.56. The van der Waals surface area contributed by atoms with Gasteiger partial charge in [-0.25, -0.2) is 9.97 Å². The van der Waals surface area contributed by atoms with Crippen LogP contribution in [-0.2, 0) is 0 Å². The lowest BCUT2D eigenvalue weighted by atomic mass is 10.2. The van der Waals surface area contributed by atoms with Gasteiger partial charge in [0.2, 0.25) is 0 Å². The van der Waals surface area contributed by atoms with Crippen LogP contribution in [0.1, 0.15) is 5.56 Å². The lowest BCUT2D eigenvalue weighted by molar-refractivity contribution is 1.24. The number of hydrogen-bond acceptors (Lipinski definition) is 4. The highest BCUT2D eigenvalue weighted by molar-refractivity contribution is 5.56. The number of anilines is 3. The zero-order valence-electron chi connectivity index (χ0n) is 8.44. The van der Waals surface area contributed by atoms with Crippen LogP contribution in [0.3, 0.4) is 0 Å².